The van der Waals surface area contributed by atoms with E-state index in [1.807, 2.05) is 0 Å². The van der Waals surface area contributed by atoms with Crippen LogP contribution in [0, 0.1) is 0 Å². The normalized spacial score (nSPS) is 14.8. The Morgan fingerprint density at radius 1 is 0.312 bits per heavy atom. The fourth-order valence-corrected chi connectivity index (χ4v) is 0.810. The summed E-state index contributed by atoms with van der Waals surface area (Å²) < 4.78 is 0. The van der Waals surface area contributed by atoms with Crippen molar-refractivity contribution in [3.05, 3.63) is 0 Å². The average Bonchev–Trinajstić information content (AvgIpc) is 2.64. The molecule has 6 radical (unpaired) electrons. The van der Waals surface area contributed by atoms with Gasteiger partial charge >= 0.3 is 35.8 Å². The third-order valence-electron chi connectivity index (χ3n) is 2.42. The van der Waals surface area contributed by atoms with Crippen molar-refractivity contribution in [2.45, 2.75) is 36.6 Å². The summed E-state index contributed by atoms with van der Waals surface area (Å²) in [5, 5.41) is 97.6. The molecule has 0 fully saturated rings. The molecule has 0 unspecified atom stereocenters. The van der Waals surface area contributed by atoms with Crippen LogP contribution in [0.25, 0.3) is 0 Å². The quantitative estimate of drug-likeness (QED) is 0.0958. The largest absolute Gasteiger partial charge is 0.479 e. The van der Waals surface area contributed by atoms with Gasteiger partial charge in [-0.1, -0.05) is 0 Å². The summed E-state index contributed by atoms with van der Waals surface area (Å²) in [4.78, 5) is 58.6. The summed E-state index contributed by atoms with van der Waals surface area (Å²) in [7, 11) is 0. The summed E-state index contributed by atoms with van der Waals surface area (Å²) in [6.45, 7) is 0. The molecule has 0 bridgehead atoms. The minimum Gasteiger partial charge on any atom is -0.479 e. The molecule has 0 heterocycles. The van der Waals surface area contributed by atoms with Crippen LogP contribution in [-0.2, 0) is 28.8 Å². The van der Waals surface area contributed by atoms with Gasteiger partial charge in [-0.25, -0.2) is 28.8 Å². The van der Waals surface area contributed by atoms with Crippen LogP contribution in [0.1, 0.15) is 0 Å². The van der Waals surface area contributed by atoms with Gasteiger partial charge in [0, 0.05) is 52.4 Å². The van der Waals surface area contributed by atoms with Crippen LogP contribution in [-0.4, -0.2) is 186 Å². The van der Waals surface area contributed by atoms with E-state index >= 15 is 0 Å². The molecule has 6 atom stereocenters. The first-order chi connectivity index (χ1) is 13.4. The first kappa shape index (κ1) is 40.7. The van der Waals surface area contributed by atoms with Crippen LogP contribution < -0.4 is 0 Å². The molecule has 20 heteroatoms. The van der Waals surface area contributed by atoms with E-state index in [9.17, 15) is 28.8 Å². The summed E-state index contributed by atoms with van der Waals surface area (Å²) in [5.74, 6) is -10.6. The first-order valence-corrected chi connectivity index (χ1v) is 6.85. The van der Waals surface area contributed by atoms with E-state index in [1.54, 1.807) is 0 Å². The Labute approximate surface area is 214 Å². The van der Waals surface area contributed by atoms with Crippen molar-refractivity contribution in [3.8, 4) is 0 Å². The second-order valence-electron chi connectivity index (χ2n) is 4.70. The minimum atomic E-state index is -2.27. The number of hydrogen-bond acceptors (Lipinski definition) is 12. The summed E-state index contributed by atoms with van der Waals surface area (Å²) >= 11 is 0. The number of carboxylic acid groups (broad SMARTS) is 6. The van der Waals surface area contributed by atoms with Crippen LogP contribution in [0.15, 0.2) is 0 Å². The molecule has 0 aliphatic rings. The molecule has 184 valence electrons. The van der Waals surface area contributed by atoms with Gasteiger partial charge in [-0.3, -0.25) is 0 Å². The van der Waals surface area contributed by atoms with Crippen LogP contribution >= 0.6 is 0 Å². The number of carbonyl (C=O) groups is 6. The molecule has 0 saturated carbocycles. The molecule has 0 aliphatic carbocycles. The molecule has 32 heavy (non-hydrogen) atoms. The fourth-order valence-electron chi connectivity index (χ4n) is 0.810. The maximum Gasteiger partial charge on any atom is 0.335 e. The Bertz CT molecular complexity index is 498. The van der Waals surface area contributed by atoms with Gasteiger partial charge in [0.15, 0.2) is 36.6 Å². The zero-order valence-electron chi connectivity index (χ0n) is 15.2. The third-order valence-corrected chi connectivity index (χ3v) is 2.42. The number of carboxylic acids is 6. The van der Waals surface area contributed by atoms with Gasteiger partial charge < -0.3 is 61.3 Å². The molecule has 0 saturated heterocycles. The smallest absolute Gasteiger partial charge is 0.335 e. The Balaban J connectivity index is -0.000000110. The van der Waals surface area contributed by atoms with Gasteiger partial charge in [-0.2, -0.15) is 0 Å². The van der Waals surface area contributed by atoms with Crippen LogP contribution in [0.2, 0.25) is 0 Å². The molecule has 12 N–H and O–H groups in total. The van der Waals surface area contributed by atoms with Gasteiger partial charge in [0.1, 0.15) is 0 Å². The Morgan fingerprint density at radius 3 is 0.406 bits per heavy atom. The topological polar surface area (TPSA) is 345 Å². The van der Waals surface area contributed by atoms with Crippen molar-refractivity contribution < 1.29 is 90.0 Å². The molecular weight excluding hydrogens is 850 g/mol. The van der Waals surface area contributed by atoms with Gasteiger partial charge in [-0.15, -0.1) is 0 Å². The summed E-state index contributed by atoms with van der Waals surface area (Å²) in [6.07, 6.45) is -13.6. The van der Waals surface area contributed by atoms with Crippen molar-refractivity contribution >= 4 is 88.2 Å². The molecule has 0 aromatic carbocycles. The minimum absolute atomic E-state index is 0. The molecule has 0 spiro atoms. The summed E-state index contributed by atoms with van der Waals surface area (Å²) in [6, 6.07) is 0. The average molecular weight is 868 g/mol. The van der Waals surface area contributed by atoms with E-state index < -0.39 is 72.4 Å². The zero-order valence-corrected chi connectivity index (χ0v) is 22.1. The third kappa shape index (κ3) is 18.0. The number of hydrogen-bond donors (Lipinski definition) is 12. The molecule has 0 aromatic heterocycles. The number of aliphatic hydroxyl groups is 6. The van der Waals surface area contributed by atoms with E-state index in [2.05, 4.69) is 0 Å². The van der Waals surface area contributed by atoms with E-state index in [1.165, 1.54) is 0 Å². The monoisotopic (exact) mass is 868 g/mol. The van der Waals surface area contributed by atoms with Crippen molar-refractivity contribution in [3.63, 3.8) is 0 Å². The Morgan fingerprint density at radius 2 is 0.375 bits per heavy atom. The van der Waals surface area contributed by atoms with E-state index in [4.69, 9.17) is 61.3 Å². The maximum atomic E-state index is 9.77. The predicted molar refractivity (Wildman–Crippen MR) is 93.4 cm³/mol. The molecule has 0 aliphatic heterocycles. The van der Waals surface area contributed by atoms with Gasteiger partial charge in [0.25, 0.3) is 0 Å². The molecule has 0 aromatic rings. The predicted octanol–water partition coefficient (Wildman–Crippen LogP) is -7.13. The summed E-state index contributed by atoms with van der Waals surface area (Å²) in [5.41, 5.74) is 0. The van der Waals surface area contributed by atoms with Crippen molar-refractivity contribution in [2.75, 3.05) is 0 Å². The van der Waals surface area contributed by atoms with E-state index in [0.717, 1.165) is 0 Å². The number of aliphatic carboxylic acids is 6. The Kier molecular flexibility index (Phi) is 25.4. The number of aliphatic hydroxyl groups excluding tert-OH is 6. The fraction of sp³-hybridized carbons (Fsp3) is 0.500. The van der Waals surface area contributed by atoms with Crippen LogP contribution in [0.3, 0.4) is 0 Å². The van der Waals surface area contributed by atoms with Crippen molar-refractivity contribution in [2.24, 2.45) is 0 Å². The molecule has 0 rings (SSSR count). The Hall–Kier alpha value is -1.65. The zero-order chi connectivity index (χ0) is 24.9. The van der Waals surface area contributed by atoms with Crippen LogP contribution in [0.4, 0.5) is 0 Å². The molecule has 0 amide bonds. The number of rotatable bonds is 9. The first-order valence-electron chi connectivity index (χ1n) is 6.85. The van der Waals surface area contributed by atoms with Crippen molar-refractivity contribution in [1.29, 1.82) is 0 Å². The van der Waals surface area contributed by atoms with Crippen LogP contribution in [0.5, 0.6) is 0 Å². The SMILES string of the molecule is O=C(O)[C@H](O)[C@@H](O)C(=O)O.O=C(O)[C@H](O)[C@@H](O)C(=O)O.O=C(O)[C@H](O)[C@@H](O)C(=O)O.[Bi].[Bi]. The molecular formula is C12H18Bi2O18. The second-order valence-corrected chi connectivity index (χ2v) is 4.70. The van der Waals surface area contributed by atoms with Gasteiger partial charge in [0.05, 0.1) is 0 Å². The maximum absolute atomic E-state index is 9.77. The standard InChI is InChI=1S/3C4H6O6.2Bi/c3*5-1(3(7)8)2(6)4(9)10;;/h3*1-2,5-6H,(H,7,8)(H,9,10);;/t3*1-,2-;;/m111../s1. The van der Waals surface area contributed by atoms with E-state index in [-0.39, 0.29) is 52.4 Å². The van der Waals surface area contributed by atoms with Crippen molar-refractivity contribution in [1.82, 2.24) is 0 Å². The van der Waals surface area contributed by atoms with Gasteiger partial charge in [-0.05, 0) is 0 Å². The second kappa shape index (κ2) is 20.0. The van der Waals surface area contributed by atoms with Gasteiger partial charge in [0.2, 0.25) is 0 Å². The van der Waals surface area contributed by atoms with E-state index in [0.29, 0.717) is 0 Å². The molecule has 18 nitrogen and oxygen atoms in total.